The Hall–Kier alpha value is -3.50. The molecule has 1 unspecified atom stereocenters. The lowest BCUT2D eigenvalue weighted by molar-refractivity contribution is -0.131. The molecule has 0 aliphatic carbocycles. The highest BCUT2D eigenvalue weighted by molar-refractivity contribution is 8.00. The summed E-state index contributed by atoms with van der Waals surface area (Å²) in [4.78, 5) is 36.1. The molecule has 0 saturated heterocycles. The topological polar surface area (TPSA) is 121 Å². The van der Waals surface area contributed by atoms with Crippen LogP contribution in [0.25, 0.3) is 0 Å². The van der Waals surface area contributed by atoms with Gasteiger partial charge in [-0.3, -0.25) is 14.9 Å². The molecule has 10 heteroatoms. The molecule has 0 fully saturated rings. The molecule has 3 N–H and O–H groups in total. The summed E-state index contributed by atoms with van der Waals surface area (Å²) in [6.45, 7) is 1.81. The van der Waals surface area contributed by atoms with Gasteiger partial charge in [0.25, 0.3) is 0 Å². The number of aromatic nitrogens is 2. The fourth-order valence-corrected chi connectivity index (χ4v) is 4.21. The molecular weight excluding hydrogens is 436 g/mol. The first-order valence-corrected chi connectivity index (χ1v) is 10.7. The molecule has 1 aromatic heterocycles. The van der Waals surface area contributed by atoms with Gasteiger partial charge in [-0.2, -0.15) is 0 Å². The first-order chi connectivity index (χ1) is 14.9. The molecule has 0 bridgehead atoms. The minimum atomic E-state index is -1.21. The highest BCUT2D eigenvalue weighted by atomic mass is 32.2. The van der Waals surface area contributed by atoms with E-state index in [4.69, 9.17) is 5.11 Å². The lowest BCUT2D eigenvalue weighted by Crippen LogP contribution is -2.19. The van der Waals surface area contributed by atoms with Crippen molar-refractivity contribution in [2.45, 2.75) is 17.1 Å². The van der Waals surface area contributed by atoms with Crippen LogP contribution < -0.4 is 10.6 Å². The molecule has 3 rings (SSSR count). The number of aryl methyl sites for hydroxylation is 1. The highest BCUT2D eigenvalue weighted by Gasteiger charge is 2.23. The van der Waals surface area contributed by atoms with Crippen LogP contribution in [0, 0.1) is 6.92 Å². The Morgan fingerprint density at radius 1 is 1.03 bits per heavy atom. The van der Waals surface area contributed by atoms with Gasteiger partial charge in [0.2, 0.25) is 16.9 Å². The first-order valence-electron chi connectivity index (χ1n) is 9.05. The summed E-state index contributed by atoms with van der Waals surface area (Å²) >= 11 is 2.61. The van der Waals surface area contributed by atoms with Gasteiger partial charge in [0.15, 0.2) is 0 Å². The fourth-order valence-electron chi connectivity index (χ4n) is 2.53. The summed E-state index contributed by atoms with van der Waals surface area (Å²) in [5.41, 5.74) is 1.29. The molecule has 2 aromatic carbocycles. The van der Waals surface area contributed by atoms with E-state index < -0.39 is 17.1 Å². The number of amides is 2. The van der Waals surface area contributed by atoms with Crippen molar-refractivity contribution in [3.8, 4) is 0 Å². The smallest absolute Gasteiger partial charge is 0.328 e. The quantitative estimate of drug-likeness (QED) is 0.349. The van der Waals surface area contributed by atoms with Crippen LogP contribution >= 0.6 is 23.1 Å². The Bertz CT molecular complexity index is 1120. The molecule has 0 aliphatic rings. The number of carbonyl (C=O) groups excluding carboxylic acids is 2. The summed E-state index contributed by atoms with van der Waals surface area (Å²) in [5.74, 6) is -2.01. The van der Waals surface area contributed by atoms with Gasteiger partial charge in [0, 0.05) is 22.7 Å². The highest BCUT2D eigenvalue weighted by Crippen LogP contribution is 2.37. The van der Waals surface area contributed by atoms with E-state index in [9.17, 15) is 14.4 Å². The van der Waals surface area contributed by atoms with Crippen molar-refractivity contribution in [3.05, 3.63) is 77.3 Å². The van der Waals surface area contributed by atoms with Crippen LogP contribution in [0.1, 0.15) is 15.8 Å². The zero-order valence-electron chi connectivity index (χ0n) is 16.3. The SMILES string of the molecule is Cc1nnc(NC(=O)C(Sc2cccc(NC(=O)/C=C/C(=O)O)c2)c2ccccc2)s1. The van der Waals surface area contributed by atoms with Gasteiger partial charge in [-0.05, 0) is 30.7 Å². The maximum absolute atomic E-state index is 13.0. The molecule has 3 aromatic rings. The minimum Gasteiger partial charge on any atom is -0.478 e. The summed E-state index contributed by atoms with van der Waals surface area (Å²) in [7, 11) is 0. The van der Waals surface area contributed by atoms with Crippen LogP contribution in [0.3, 0.4) is 0 Å². The second-order valence-corrected chi connectivity index (χ2v) is 8.57. The average Bonchev–Trinajstić information content (AvgIpc) is 3.16. The predicted molar refractivity (Wildman–Crippen MR) is 120 cm³/mol. The van der Waals surface area contributed by atoms with Crippen molar-refractivity contribution >= 4 is 51.7 Å². The number of benzene rings is 2. The normalized spacial score (nSPS) is 11.8. The van der Waals surface area contributed by atoms with Gasteiger partial charge in [-0.25, -0.2) is 4.79 Å². The number of aliphatic carboxylic acids is 1. The zero-order chi connectivity index (χ0) is 22.2. The monoisotopic (exact) mass is 454 g/mol. The summed E-state index contributed by atoms with van der Waals surface area (Å²) < 4.78 is 0. The van der Waals surface area contributed by atoms with Gasteiger partial charge < -0.3 is 10.4 Å². The molecule has 31 heavy (non-hydrogen) atoms. The molecule has 158 valence electrons. The number of nitrogens with zero attached hydrogens (tertiary/aromatic N) is 2. The Balaban J connectivity index is 1.79. The molecule has 1 atom stereocenters. The third-order valence-corrected chi connectivity index (χ3v) is 5.83. The van der Waals surface area contributed by atoms with E-state index >= 15 is 0 Å². The van der Waals surface area contributed by atoms with Crippen LogP contribution in [-0.2, 0) is 14.4 Å². The maximum Gasteiger partial charge on any atom is 0.328 e. The van der Waals surface area contributed by atoms with E-state index in [2.05, 4.69) is 20.8 Å². The summed E-state index contributed by atoms with van der Waals surface area (Å²) in [6.07, 6.45) is 1.70. The molecule has 0 saturated carbocycles. The Kier molecular flexibility index (Phi) is 7.52. The van der Waals surface area contributed by atoms with Crippen LogP contribution in [0.15, 0.2) is 71.6 Å². The number of carbonyl (C=O) groups is 3. The Morgan fingerprint density at radius 3 is 2.48 bits per heavy atom. The lowest BCUT2D eigenvalue weighted by atomic mass is 10.1. The van der Waals surface area contributed by atoms with Crippen LogP contribution in [0.5, 0.6) is 0 Å². The third kappa shape index (κ3) is 6.76. The van der Waals surface area contributed by atoms with Gasteiger partial charge >= 0.3 is 5.97 Å². The van der Waals surface area contributed by atoms with Crippen molar-refractivity contribution in [2.24, 2.45) is 0 Å². The van der Waals surface area contributed by atoms with E-state index in [1.807, 2.05) is 43.3 Å². The van der Waals surface area contributed by atoms with Gasteiger partial charge in [0.05, 0.1) is 0 Å². The fraction of sp³-hybridized carbons (Fsp3) is 0.0952. The number of hydrogen-bond acceptors (Lipinski definition) is 7. The lowest BCUT2D eigenvalue weighted by Gasteiger charge is -2.16. The van der Waals surface area contributed by atoms with Crippen molar-refractivity contribution in [2.75, 3.05) is 10.6 Å². The largest absolute Gasteiger partial charge is 0.478 e. The molecule has 0 radical (unpaired) electrons. The minimum absolute atomic E-state index is 0.244. The zero-order valence-corrected chi connectivity index (χ0v) is 17.9. The molecular formula is C21H18N4O4S2. The summed E-state index contributed by atoms with van der Waals surface area (Å²) in [5, 5.41) is 22.5. The Labute approximate surface area is 186 Å². The number of hydrogen-bond donors (Lipinski definition) is 3. The van der Waals surface area contributed by atoms with Crippen molar-refractivity contribution in [1.82, 2.24) is 10.2 Å². The van der Waals surface area contributed by atoms with Gasteiger partial charge in [-0.15, -0.1) is 22.0 Å². The number of carboxylic acids is 1. The van der Waals surface area contributed by atoms with E-state index in [0.29, 0.717) is 10.8 Å². The Morgan fingerprint density at radius 2 is 1.81 bits per heavy atom. The van der Waals surface area contributed by atoms with Gasteiger partial charge in [0.1, 0.15) is 10.3 Å². The molecule has 0 aliphatic heterocycles. The number of nitrogens with one attached hydrogen (secondary N) is 2. The maximum atomic E-state index is 13.0. The third-order valence-electron chi connectivity index (χ3n) is 3.83. The molecule has 2 amide bonds. The van der Waals surface area contributed by atoms with Crippen molar-refractivity contribution in [1.29, 1.82) is 0 Å². The predicted octanol–water partition coefficient (Wildman–Crippen LogP) is 3.90. The number of rotatable bonds is 8. The van der Waals surface area contributed by atoms with Crippen LogP contribution in [0.4, 0.5) is 10.8 Å². The van der Waals surface area contributed by atoms with E-state index in [1.165, 1.54) is 23.1 Å². The van der Waals surface area contributed by atoms with Gasteiger partial charge in [-0.1, -0.05) is 47.7 Å². The molecule has 1 heterocycles. The second kappa shape index (κ2) is 10.5. The van der Waals surface area contributed by atoms with Crippen LogP contribution in [-0.4, -0.2) is 33.1 Å². The first kappa shape index (κ1) is 22.2. The standard InChI is InChI=1S/C21H18N4O4S2/c1-13-24-25-21(30-13)23-20(29)19(14-6-3-2-4-7-14)31-16-9-5-8-15(12-16)22-17(26)10-11-18(27)28/h2-12,19H,1H3,(H,22,26)(H,27,28)(H,23,25,29)/b11-10+. The average molecular weight is 455 g/mol. The van der Waals surface area contributed by atoms with Crippen molar-refractivity contribution < 1.29 is 19.5 Å². The van der Waals surface area contributed by atoms with Crippen LogP contribution in [0.2, 0.25) is 0 Å². The number of anilines is 2. The second-order valence-electron chi connectivity index (χ2n) is 6.21. The number of thioether (sulfide) groups is 1. The number of carboxylic acid groups (broad SMARTS) is 1. The van der Waals surface area contributed by atoms with E-state index in [-0.39, 0.29) is 5.91 Å². The molecule has 0 spiro atoms. The van der Waals surface area contributed by atoms with E-state index in [0.717, 1.165) is 27.6 Å². The summed E-state index contributed by atoms with van der Waals surface area (Å²) in [6, 6.07) is 16.3. The molecule has 8 nitrogen and oxygen atoms in total. The van der Waals surface area contributed by atoms with E-state index in [1.54, 1.807) is 18.2 Å². The van der Waals surface area contributed by atoms with Crippen molar-refractivity contribution in [3.63, 3.8) is 0 Å².